The average molecular weight is 145 g/mol. The van der Waals surface area contributed by atoms with Crippen molar-refractivity contribution < 1.29 is 9.53 Å². The van der Waals surface area contributed by atoms with Crippen molar-refractivity contribution in [3.63, 3.8) is 0 Å². The first-order valence-corrected chi connectivity index (χ1v) is 2.81. The fourth-order valence-electron chi connectivity index (χ4n) is 0.401. The molecule has 0 aromatic carbocycles. The van der Waals surface area contributed by atoms with Gasteiger partial charge in [0, 0.05) is 6.54 Å². The number of carbonyl (C=O) groups is 1. The van der Waals surface area contributed by atoms with E-state index in [1.54, 1.807) is 0 Å². The number of carbonyl (C=O) groups excluding carboxylic acids is 1. The number of ether oxygens (including phenoxy) is 1. The first-order chi connectivity index (χ1) is 4.66. The molecule has 10 heavy (non-hydrogen) atoms. The second kappa shape index (κ2) is 4.60. The van der Waals surface area contributed by atoms with Crippen LogP contribution in [-0.2, 0) is 9.53 Å². The standard InChI is InChI=1S/C5H11N3O2/c1-10-4(9)2-3-8-5(6)7/h2-3H2,1H3,(H4,6,7,8). The Morgan fingerprint density at radius 2 is 2.40 bits per heavy atom. The van der Waals surface area contributed by atoms with Gasteiger partial charge in [-0.2, -0.15) is 0 Å². The van der Waals surface area contributed by atoms with Crippen LogP contribution in [0.5, 0.6) is 0 Å². The maximum atomic E-state index is 10.4. The molecule has 0 atom stereocenters. The van der Waals surface area contributed by atoms with Crippen molar-refractivity contribution in [2.75, 3.05) is 13.7 Å². The Hall–Kier alpha value is -1.26. The van der Waals surface area contributed by atoms with E-state index in [9.17, 15) is 4.79 Å². The van der Waals surface area contributed by atoms with E-state index in [4.69, 9.17) is 11.1 Å². The van der Waals surface area contributed by atoms with Gasteiger partial charge in [0.05, 0.1) is 13.5 Å². The van der Waals surface area contributed by atoms with Gasteiger partial charge in [-0.1, -0.05) is 0 Å². The van der Waals surface area contributed by atoms with Gasteiger partial charge in [-0.15, -0.1) is 0 Å². The summed E-state index contributed by atoms with van der Waals surface area (Å²) < 4.78 is 4.34. The van der Waals surface area contributed by atoms with Crippen molar-refractivity contribution >= 4 is 11.9 Å². The smallest absolute Gasteiger partial charge is 0.307 e. The molecule has 58 valence electrons. The van der Waals surface area contributed by atoms with Gasteiger partial charge < -0.3 is 15.8 Å². The number of nitrogens with two attached hydrogens (primary N) is 1. The van der Waals surface area contributed by atoms with E-state index in [1.165, 1.54) is 7.11 Å². The van der Waals surface area contributed by atoms with Crippen molar-refractivity contribution in [1.82, 2.24) is 5.32 Å². The maximum Gasteiger partial charge on any atom is 0.307 e. The zero-order valence-corrected chi connectivity index (χ0v) is 5.81. The molecule has 0 fully saturated rings. The quantitative estimate of drug-likeness (QED) is 0.271. The van der Waals surface area contributed by atoms with Gasteiger partial charge in [-0.25, -0.2) is 0 Å². The molecule has 0 amide bonds. The summed E-state index contributed by atoms with van der Waals surface area (Å²) in [5.41, 5.74) is 4.94. The van der Waals surface area contributed by atoms with E-state index >= 15 is 0 Å². The Labute approximate surface area is 59.0 Å². The predicted molar refractivity (Wildman–Crippen MR) is 36.5 cm³/mol. The van der Waals surface area contributed by atoms with Crippen LogP contribution in [0.2, 0.25) is 0 Å². The van der Waals surface area contributed by atoms with Crippen LogP contribution >= 0.6 is 0 Å². The molecule has 0 aromatic rings. The fourth-order valence-corrected chi connectivity index (χ4v) is 0.401. The van der Waals surface area contributed by atoms with Gasteiger partial charge in [0.1, 0.15) is 0 Å². The third kappa shape index (κ3) is 4.89. The van der Waals surface area contributed by atoms with E-state index in [2.05, 4.69) is 10.1 Å². The van der Waals surface area contributed by atoms with E-state index < -0.39 is 0 Å². The van der Waals surface area contributed by atoms with E-state index in [0.717, 1.165) is 0 Å². The third-order valence-electron chi connectivity index (χ3n) is 0.872. The molecule has 5 heteroatoms. The lowest BCUT2D eigenvalue weighted by Crippen LogP contribution is -2.32. The Morgan fingerprint density at radius 1 is 1.80 bits per heavy atom. The highest BCUT2D eigenvalue weighted by molar-refractivity contribution is 5.75. The van der Waals surface area contributed by atoms with E-state index in [0.29, 0.717) is 6.54 Å². The summed E-state index contributed by atoms with van der Waals surface area (Å²) in [6, 6.07) is 0. The molecular formula is C5H11N3O2. The maximum absolute atomic E-state index is 10.4. The van der Waals surface area contributed by atoms with Crippen molar-refractivity contribution in [3.8, 4) is 0 Å². The number of nitrogens with one attached hydrogen (secondary N) is 2. The monoisotopic (exact) mass is 145 g/mol. The van der Waals surface area contributed by atoms with Crippen LogP contribution in [0.1, 0.15) is 6.42 Å². The number of hydrogen-bond acceptors (Lipinski definition) is 3. The van der Waals surface area contributed by atoms with Crippen LogP contribution in [0, 0.1) is 5.41 Å². The van der Waals surface area contributed by atoms with Gasteiger partial charge >= 0.3 is 5.97 Å². The van der Waals surface area contributed by atoms with Crippen LogP contribution < -0.4 is 11.1 Å². The summed E-state index contributed by atoms with van der Waals surface area (Å²) in [5.74, 6) is -0.447. The molecule has 0 spiro atoms. The van der Waals surface area contributed by atoms with Crippen LogP contribution in [0.3, 0.4) is 0 Å². The summed E-state index contributed by atoms with van der Waals surface area (Å²) in [7, 11) is 1.32. The largest absolute Gasteiger partial charge is 0.469 e. The van der Waals surface area contributed by atoms with Crippen LogP contribution in [0.4, 0.5) is 0 Å². The van der Waals surface area contributed by atoms with Crippen molar-refractivity contribution in [3.05, 3.63) is 0 Å². The molecular weight excluding hydrogens is 134 g/mol. The lowest BCUT2D eigenvalue weighted by atomic mass is 10.4. The Kier molecular flexibility index (Phi) is 4.02. The summed E-state index contributed by atoms with van der Waals surface area (Å²) in [4.78, 5) is 10.4. The minimum Gasteiger partial charge on any atom is -0.469 e. The summed E-state index contributed by atoms with van der Waals surface area (Å²) in [6.07, 6.45) is 0.232. The van der Waals surface area contributed by atoms with Gasteiger partial charge in [0.2, 0.25) is 0 Å². The molecule has 0 unspecified atom stereocenters. The Morgan fingerprint density at radius 3 is 2.80 bits per heavy atom. The molecule has 0 aliphatic carbocycles. The second-order valence-corrected chi connectivity index (χ2v) is 1.67. The van der Waals surface area contributed by atoms with Gasteiger partial charge in [-0.3, -0.25) is 10.2 Å². The molecule has 0 aromatic heterocycles. The lowest BCUT2D eigenvalue weighted by molar-refractivity contribution is -0.140. The van der Waals surface area contributed by atoms with Gasteiger partial charge in [0.15, 0.2) is 5.96 Å². The summed E-state index contributed by atoms with van der Waals surface area (Å²) in [5, 5.41) is 9.18. The zero-order valence-electron chi connectivity index (χ0n) is 5.81. The Bertz CT molecular complexity index is 135. The minimum absolute atomic E-state index is 0.135. The molecule has 0 heterocycles. The Balaban J connectivity index is 3.20. The highest BCUT2D eigenvalue weighted by atomic mass is 16.5. The number of methoxy groups -OCH3 is 1. The van der Waals surface area contributed by atoms with Crippen molar-refractivity contribution in [1.29, 1.82) is 5.41 Å². The number of esters is 1. The minimum atomic E-state index is -0.311. The molecule has 5 nitrogen and oxygen atoms in total. The average Bonchev–Trinajstić information content (AvgIpc) is 1.87. The van der Waals surface area contributed by atoms with E-state index in [-0.39, 0.29) is 18.3 Å². The third-order valence-corrected chi connectivity index (χ3v) is 0.872. The van der Waals surface area contributed by atoms with Crippen LogP contribution in [-0.4, -0.2) is 25.6 Å². The predicted octanol–water partition coefficient (Wildman–Crippen LogP) is -0.967. The number of rotatable bonds is 3. The molecule has 4 N–H and O–H groups in total. The van der Waals surface area contributed by atoms with Crippen LogP contribution in [0.15, 0.2) is 0 Å². The van der Waals surface area contributed by atoms with E-state index in [1.807, 2.05) is 0 Å². The van der Waals surface area contributed by atoms with Gasteiger partial charge in [-0.05, 0) is 0 Å². The molecule has 0 aliphatic heterocycles. The van der Waals surface area contributed by atoms with Crippen molar-refractivity contribution in [2.45, 2.75) is 6.42 Å². The van der Waals surface area contributed by atoms with Crippen LogP contribution in [0.25, 0.3) is 0 Å². The van der Waals surface area contributed by atoms with Crippen molar-refractivity contribution in [2.24, 2.45) is 5.73 Å². The fraction of sp³-hybridized carbons (Fsp3) is 0.600. The first-order valence-electron chi connectivity index (χ1n) is 2.81. The zero-order chi connectivity index (χ0) is 7.98. The molecule has 0 saturated heterocycles. The highest BCUT2D eigenvalue weighted by Crippen LogP contribution is 1.79. The normalized spacial score (nSPS) is 8.50. The number of guanidine groups is 1. The number of hydrogen-bond donors (Lipinski definition) is 3. The second-order valence-electron chi connectivity index (χ2n) is 1.67. The molecule has 0 radical (unpaired) electrons. The van der Waals surface area contributed by atoms with Gasteiger partial charge in [0.25, 0.3) is 0 Å². The SMILES string of the molecule is COC(=O)CCNC(=N)N. The topological polar surface area (TPSA) is 88.2 Å². The molecule has 0 saturated carbocycles. The molecule has 0 aliphatic rings. The molecule has 0 bridgehead atoms. The highest BCUT2D eigenvalue weighted by Gasteiger charge is 1.97. The lowest BCUT2D eigenvalue weighted by Gasteiger charge is -2.00. The summed E-state index contributed by atoms with van der Waals surface area (Å²) in [6.45, 7) is 0.349. The molecule has 0 rings (SSSR count). The summed E-state index contributed by atoms with van der Waals surface area (Å²) >= 11 is 0. The first kappa shape index (κ1) is 8.74.